The van der Waals surface area contributed by atoms with Crippen molar-refractivity contribution in [1.82, 2.24) is 24.8 Å². The fourth-order valence-electron chi connectivity index (χ4n) is 4.30. The van der Waals surface area contributed by atoms with Crippen molar-refractivity contribution in [2.75, 3.05) is 13.1 Å². The SMILES string of the molecule is Cl.N[C@@H](CC(=O)N1Cc2nc(-c3ccncc3)ncc2C(C(F)(F)F)C1)CN1C(=O)CCC(F)C1O. The quantitative estimate of drug-likeness (QED) is 0.564. The van der Waals surface area contributed by atoms with Crippen LogP contribution in [0.2, 0.25) is 0 Å². The first-order valence-electron chi connectivity index (χ1n) is 11.0. The largest absolute Gasteiger partial charge is 0.397 e. The van der Waals surface area contributed by atoms with Gasteiger partial charge in [-0.05, 0) is 18.6 Å². The predicted octanol–water partition coefficient (Wildman–Crippen LogP) is 1.94. The van der Waals surface area contributed by atoms with E-state index in [2.05, 4.69) is 15.0 Å². The van der Waals surface area contributed by atoms with Crippen LogP contribution in [0.15, 0.2) is 30.7 Å². The Hall–Kier alpha value is -2.90. The molecule has 9 nitrogen and oxygen atoms in total. The molecule has 1 saturated heterocycles. The van der Waals surface area contributed by atoms with Crippen LogP contribution < -0.4 is 5.73 Å². The summed E-state index contributed by atoms with van der Waals surface area (Å²) in [5.74, 6) is -2.94. The molecular weight excluding hydrogens is 508 g/mol. The summed E-state index contributed by atoms with van der Waals surface area (Å²) in [6.45, 7) is -1.10. The van der Waals surface area contributed by atoms with E-state index < -0.39 is 55.3 Å². The minimum atomic E-state index is -4.64. The van der Waals surface area contributed by atoms with Gasteiger partial charge in [0.1, 0.15) is 12.1 Å². The number of hydrogen-bond acceptors (Lipinski definition) is 7. The minimum absolute atomic E-state index is 0. The monoisotopic (exact) mass is 532 g/mol. The summed E-state index contributed by atoms with van der Waals surface area (Å²) in [6.07, 6.45) is -4.40. The number of carbonyl (C=O) groups excluding carboxylic acids is 2. The van der Waals surface area contributed by atoms with Crippen LogP contribution >= 0.6 is 12.4 Å². The topological polar surface area (TPSA) is 126 Å². The van der Waals surface area contributed by atoms with Gasteiger partial charge < -0.3 is 20.6 Å². The zero-order chi connectivity index (χ0) is 25.3. The van der Waals surface area contributed by atoms with Gasteiger partial charge in [-0.3, -0.25) is 14.6 Å². The molecule has 0 spiro atoms. The number of amides is 2. The highest BCUT2D eigenvalue weighted by molar-refractivity contribution is 5.85. The van der Waals surface area contributed by atoms with E-state index in [1.54, 1.807) is 12.1 Å². The van der Waals surface area contributed by atoms with Gasteiger partial charge in [0, 0.05) is 61.7 Å². The van der Waals surface area contributed by atoms with Crippen LogP contribution in [0.5, 0.6) is 0 Å². The van der Waals surface area contributed by atoms with Gasteiger partial charge in [-0.15, -0.1) is 12.4 Å². The number of piperidine rings is 1. The standard InChI is InChI=1S/C22H24F4N6O3.ClH/c23-16-1-2-18(33)32(21(16)35)9-13(27)7-19(34)31-10-15(22(24,25)26)14-8-29-20(30-17(14)11-31)12-3-5-28-6-4-12;/h3-6,8,13,15-16,21,35H,1-2,7,9-11,27H2;1H/t13-,15?,16?,21?;/m0./s1. The molecule has 36 heavy (non-hydrogen) atoms. The molecule has 196 valence electrons. The van der Waals surface area contributed by atoms with Gasteiger partial charge in [-0.25, -0.2) is 14.4 Å². The number of nitrogens with zero attached hydrogens (tertiary/aromatic N) is 5. The van der Waals surface area contributed by atoms with Gasteiger partial charge in [0.15, 0.2) is 12.1 Å². The Bertz CT molecular complexity index is 1090. The van der Waals surface area contributed by atoms with E-state index >= 15 is 0 Å². The van der Waals surface area contributed by atoms with Crippen molar-refractivity contribution in [3.8, 4) is 11.4 Å². The molecule has 3 unspecified atom stereocenters. The van der Waals surface area contributed by atoms with E-state index in [1.165, 1.54) is 12.4 Å². The lowest BCUT2D eigenvalue weighted by molar-refractivity contribution is -0.162. The number of halogens is 5. The van der Waals surface area contributed by atoms with Crippen molar-refractivity contribution < 1.29 is 32.3 Å². The summed E-state index contributed by atoms with van der Waals surface area (Å²) in [6, 6.07) is 2.23. The van der Waals surface area contributed by atoms with Gasteiger partial charge in [-0.2, -0.15) is 13.2 Å². The zero-order valence-corrected chi connectivity index (χ0v) is 19.8. The number of aliphatic hydroxyl groups excluding tert-OH is 1. The number of aliphatic hydroxyl groups is 1. The Morgan fingerprint density at radius 3 is 2.64 bits per heavy atom. The maximum Gasteiger partial charge on any atom is 0.397 e. The summed E-state index contributed by atoms with van der Waals surface area (Å²) in [4.78, 5) is 39.1. The number of nitrogens with two attached hydrogens (primary N) is 1. The van der Waals surface area contributed by atoms with E-state index in [9.17, 15) is 32.3 Å². The van der Waals surface area contributed by atoms with E-state index in [1.807, 2.05) is 0 Å². The number of rotatable bonds is 5. The van der Waals surface area contributed by atoms with E-state index in [-0.39, 0.29) is 55.4 Å². The Labute approximate surface area is 210 Å². The lowest BCUT2D eigenvalue weighted by Crippen LogP contribution is -2.54. The molecule has 14 heteroatoms. The third kappa shape index (κ3) is 5.90. The smallest absolute Gasteiger partial charge is 0.370 e. The minimum Gasteiger partial charge on any atom is -0.370 e. The lowest BCUT2D eigenvalue weighted by atomic mass is 9.93. The molecule has 0 aromatic carbocycles. The zero-order valence-electron chi connectivity index (χ0n) is 18.9. The van der Waals surface area contributed by atoms with Gasteiger partial charge in [0.2, 0.25) is 11.8 Å². The number of fused-ring (bicyclic) bond motifs is 1. The molecule has 2 aromatic heterocycles. The fraction of sp³-hybridized carbons (Fsp3) is 0.500. The number of aromatic nitrogens is 3. The van der Waals surface area contributed by atoms with Crippen molar-refractivity contribution in [3.63, 3.8) is 0 Å². The van der Waals surface area contributed by atoms with E-state index in [0.717, 1.165) is 16.0 Å². The van der Waals surface area contributed by atoms with Crippen LogP contribution in [0.25, 0.3) is 11.4 Å². The lowest BCUT2D eigenvalue weighted by Gasteiger charge is -2.37. The Kier molecular flexibility index (Phi) is 8.47. The average Bonchev–Trinajstić information content (AvgIpc) is 2.83. The molecule has 2 aromatic rings. The Morgan fingerprint density at radius 2 is 1.97 bits per heavy atom. The molecule has 0 radical (unpaired) electrons. The summed E-state index contributed by atoms with van der Waals surface area (Å²) in [5.41, 5.74) is 6.51. The second kappa shape index (κ2) is 11.0. The molecule has 2 aliphatic rings. The van der Waals surface area contributed by atoms with Crippen molar-refractivity contribution in [1.29, 1.82) is 0 Å². The van der Waals surface area contributed by atoms with Crippen molar-refractivity contribution in [2.24, 2.45) is 5.73 Å². The number of pyridine rings is 1. The molecule has 4 rings (SSSR count). The Morgan fingerprint density at radius 1 is 1.28 bits per heavy atom. The fourth-order valence-corrected chi connectivity index (χ4v) is 4.30. The number of carbonyl (C=O) groups is 2. The molecule has 0 saturated carbocycles. The van der Waals surface area contributed by atoms with Crippen molar-refractivity contribution in [3.05, 3.63) is 42.0 Å². The first-order valence-corrected chi connectivity index (χ1v) is 11.0. The maximum absolute atomic E-state index is 13.8. The van der Waals surface area contributed by atoms with Crippen LogP contribution in [0.1, 0.15) is 36.4 Å². The van der Waals surface area contributed by atoms with Gasteiger partial charge >= 0.3 is 6.18 Å². The Balaban J connectivity index is 0.00000361. The van der Waals surface area contributed by atoms with Crippen LogP contribution in [0.4, 0.5) is 17.6 Å². The van der Waals surface area contributed by atoms with Crippen LogP contribution in [0.3, 0.4) is 0 Å². The highest BCUT2D eigenvalue weighted by Crippen LogP contribution is 2.40. The first kappa shape index (κ1) is 27.7. The summed E-state index contributed by atoms with van der Waals surface area (Å²) < 4.78 is 55.3. The van der Waals surface area contributed by atoms with Crippen LogP contribution in [-0.2, 0) is 16.1 Å². The van der Waals surface area contributed by atoms with Crippen LogP contribution in [-0.4, -0.2) is 79.4 Å². The summed E-state index contributed by atoms with van der Waals surface area (Å²) in [5, 5.41) is 9.93. The molecule has 1 fully saturated rings. The van der Waals surface area contributed by atoms with Gasteiger partial charge in [0.05, 0.1) is 12.2 Å². The number of likely N-dealkylation sites (tertiary alicyclic amines) is 1. The third-order valence-electron chi connectivity index (χ3n) is 6.17. The van der Waals surface area contributed by atoms with E-state index in [0.29, 0.717) is 5.56 Å². The predicted molar refractivity (Wildman–Crippen MR) is 121 cm³/mol. The second-order valence-corrected chi connectivity index (χ2v) is 8.68. The molecule has 0 aliphatic carbocycles. The highest BCUT2D eigenvalue weighted by Gasteiger charge is 2.46. The molecule has 4 atom stereocenters. The molecule has 4 heterocycles. The van der Waals surface area contributed by atoms with Crippen LogP contribution in [0, 0.1) is 0 Å². The third-order valence-corrected chi connectivity index (χ3v) is 6.17. The van der Waals surface area contributed by atoms with Crippen molar-refractivity contribution >= 4 is 24.2 Å². The normalized spacial score (nSPS) is 23.1. The average molecular weight is 533 g/mol. The molecule has 0 bridgehead atoms. The van der Waals surface area contributed by atoms with E-state index in [4.69, 9.17) is 5.73 Å². The van der Waals surface area contributed by atoms with Crippen molar-refractivity contribution in [2.45, 2.75) is 56.3 Å². The van der Waals surface area contributed by atoms with Gasteiger partial charge in [0.25, 0.3) is 0 Å². The maximum atomic E-state index is 13.8. The number of hydrogen-bond donors (Lipinski definition) is 2. The second-order valence-electron chi connectivity index (χ2n) is 8.68. The highest BCUT2D eigenvalue weighted by atomic mass is 35.5. The first-order chi connectivity index (χ1) is 16.5. The molecule has 2 amide bonds. The number of alkyl halides is 4. The summed E-state index contributed by atoms with van der Waals surface area (Å²) in [7, 11) is 0. The van der Waals surface area contributed by atoms with Gasteiger partial charge in [-0.1, -0.05) is 0 Å². The summed E-state index contributed by atoms with van der Waals surface area (Å²) >= 11 is 0. The molecule has 3 N–H and O–H groups in total. The molecular formula is C22H25ClF4N6O3. The molecule has 2 aliphatic heterocycles.